The molecule has 1 aromatic rings. The lowest BCUT2D eigenvalue weighted by atomic mass is 10.6. The molecule has 6 nitrogen and oxygen atoms in total. The van der Waals surface area contributed by atoms with Crippen LogP contribution in [0.1, 0.15) is 12.7 Å². The molecule has 1 rings (SSSR count). The fourth-order valence-corrected chi connectivity index (χ4v) is 0.732. The summed E-state index contributed by atoms with van der Waals surface area (Å²) >= 11 is 0. The minimum absolute atomic E-state index is 0.291. The van der Waals surface area contributed by atoms with Crippen LogP contribution in [0, 0.1) is 6.92 Å². The highest BCUT2D eigenvalue weighted by molar-refractivity contribution is 5.65. The minimum Gasteiger partial charge on any atom is -0.464 e. The second-order valence-electron chi connectivity index (χ2n) is 2.29. The van der Waals surface area contributed by atoms with Crippen LogP contribution in [0.3, 0.4) is 0 Å². The maximum absolute atomic E-state index is 10.4. The molecule has 6 heteroatoms. The number of aryl methyl sites for hydroxylation is 1. The van der Waals surface area contributed by atoms with E-state index in [1.165, 1.54) is 6.92 Å². The van der Waals surface area contributed by atoms with Gasteiger partial charge in [-0.1, -0.05) is 0 Å². The van der Waals surface area contributed by atoms with E-state index in [-0.39, 0.29) is 5.97 Å². The van der Waals surface area contributed by atoms with Crippen molar-refractivity contribution in [1.29, 1.82) is 0 Å². The fourth-order valence-electron chi connectivity index (χ4n) is 0.732. The molecule has 0 saturated carbocycles. The lowest BCUT2D eigenvalue weighted by Crippen LogP contribution is -2.11. The van der Waals surface area contributed by atoms with Crippen molar-refractivity contribution in [1.82, 2.24) is 20.2 Å². The Kier molecular flexibility index (Phi) is 2.73. The predicted octanol–water partition coefficient (Wildman–Crippen LogP) is -0.455. The summed E-state index contributed by atoms with van der Waals surface area (Å²) in [6.07, 6.45) is 0. The largest absolute Gasteiger partial charge is 0.464 e. The summed E-state index contributed by atoms with van der Waals surface area (Å²) in [5.41, 5.74) is 0. The summed E-state index contributed by atoms with van der Waals surface area (Å²) in [5, 5.41) is 10.8. The molecule has 0 aromatic carbocycles. The second-order valence-corrected chi connectivity index (χ2v) is 2.29. The number of nitrogens with zero attached hydrogens (tertiary/aromatic N) is 4. The number of hydrogen-bond donors (Lipinski definition) is 0. The van der Waals surface area contributed by atoms with E-state index in [9.17, 15) is 4.79 Å². The summed E-state index contributed by atoms with van der Waals surface area (Å²) in [6.45, 7) is 3.96. The van der Waals surface area contributed by atoms with E-state index in [0.717, 1.165) is 0 Å². The Morgan fingerprint density at radius 1 is 1.67 bits per heavy atom. The molecule has 1 heterocycles. The van der Waals surface area contributed by atoms with Crippen LogP contribution in [-0.2, 0) is 16.1 Å². The predicted molar refractivity (Wildman–Crippen MR) is 39.2 cm³/mol. The van der Waals surface area contributed by atoms with E-state index in [2.05, 4.69) is 15.5 Å². The van der Waals surface area contributed by atoms with Crippen molar-refractivity contribution in [2.45, 2.75) is 20.4 Å². The van der Waals surface area contributed by atoms with Crippen molar-refractivity contribution in [2.24, 2.45) is 0 Å². The third-order valence-corrected chi connectivity index (χ3v) is 1.32. The average molecular weight is 170 g/mol. The zero-order valence-corrected chi connectivity index (χ0v) is 7.02. The highest BCUT2D eigenvalue weighted by atomic mass is 16.5. The normalized spacial score (nSPS) is 9.83. The Hall–Kier alpha value is -1.46. The van der Waals surface area contributed by atoms with Crippen molar-refractivity contribution in [2.75, 3.05) is 6.61 Å². The Morgan fingerprint density at radius 2 is 2.42 bits per heavy atom. The average Bonchev–Trinajstić information content (AvgIpc) is 2.36. The van der Waals surface area contributed by atoms with Crippen LogP contribution in [0.15, 0.2) is 0 Å². The Morgan fingerprint density at radius 3 is 2.92 bits per heavy atom. The van der Waals surface area contributed by atoms with Crippen LogP contribution < -0.4 is 0 Å². The van der Waals surface area contributed by atoms with Gasteiger partial charge in [0.1, 0.15) is 12.4 Å². The molecule has 0 aliphatic rings. The van der Waals surface area contributed by atoms with Gasteiger partial charge in [-0.25, -0.2) is 4.68 Å². The first-order valence-electron chi connectivity index (χ1n) is 3.56. The van der Waals surface area contributed by atoms with Crippen molar-refractivity contribution in [3.05, 3.63) is 5.82 Å². The molecule has 0 spiro atoms. The maximum Gasteiger partial charge on any atom is 0.302 e. The molecule has 0 amide bonds. The number of esters is 1. The molecular weight excluding hydrogens is 160 g/mol. The van der Waals surface area contributed by atoms with Crippen LogP contribution in [0.25, 0.3) is 0 Å². The maximum atomic E-state index is 10.4. The van der Waals surface area contributed by atoms with E-state index in [4.69, 9.17) is 4.74 Å². The molecule has 0 aliphatic carbocycles. The zero-order chi connectivity index (χ0) is 8.97. The van der Waals surface area contributed by atoms with Crippen molar-refractivity contribution < 1.29 is 9.53 Å². The van der Waals surface area contributed by atoms with Crippen molar-refractivity contribution in [3.8, 4) is 0 Å². The van der Waals surface area contributed by atoms with Gasteiger partial charge in [-0.3, -0.25) is 4.79 Å². The van der Waals surface area contributed by atoms with Crippen molar-refractivity contribution in [3.63, 3.8) is 0 Å². The van der Waals surface area contributed by atoms with E-state index in [1.54, 1.807) is 11.6 Å². The number of rotatable bonds is 3. The lowest BCUT2D eigenvalue weighted by molar-refractivity contribution is -0.141. The van der Waals surface area contributed by atoms with E-state index in [0.29, 0.717) is 19.0 Å². The van der Waals surface area contributed by atoms with Gasteiger partial charge in [0.2, 0.25) is 0 Å². The number of carbonyl (C=O) groups excluding carboxylic acids is 1. The summed E-state index contributed by atoms with van der Waals surface area (Å²) in [6, 6.07) is 0. The summed E-state index contributed by atoms with van der Waals surface area (Å²) in [5.74, 6) is 0.419. The first kappa shape index (κ1) is 8.63. The van der Waals surface area contributed by atoms with E-state index >= 15 is 0 Å². The van der Waals surface area contributed by atoms with Crippen LogP contribution >= 0.6 is 0 Å². The van der Waals surface area contributed by atoms with Gasteiger partial charge in [-0.2, -0.15) is 0 Å². The van der Waals surface area contributed by atoms with Gasteiger partial charge in [0.15, 0.2) is 0 Å². The highest BCUT2D eigenvalue weighted by Crippen LogP contribution is 1.88. The highest BCUT2D eigenvalue weighted by Gasteiger charge is 1.99. The number of carbonyl (C=O) groups is 1. The number of ether oxygens (including phenoxy) is 1. The minimum atomic E-state index is -0.291. The molecule has 0 radical (unpaired) electrons. The Labute approximate surface area is 69.5 Å². The molecule has 66 valence electrons. The summed E-state index contributed by atoms with van der Waals surface area (Å²) in [4.78, 5) is 10.4. The van der Waals surface area contributed by atoms with Gasteiger partial charge in [0.25, 0.3) is 0 Å². The SMILES string of the molecule is CC(=O)OCCn1nnnc1C. The third kappa shape index (κ3) is 2.30. The van der Waals surface area contributed by atoms with Crippen LogP contribution in [0.5, 0.6) is 0 Å². The smallest absolute Gasteiger partial charge is 0.302 e. The van der Waals surface area contributed by atoms with Gasteiger partial charge in [0.05, 0.1) is 6.54 Å². The first-order chi connectivity index (χ1) is 5.70. The van der Waals surface area contributed by atoms with Crippen molar-refractivity contribution >= 4 is 5.97 Å². The zero-order valence-electron chi connectivity index (χ0n) is 7.02. The molecule has 0 atom stereocenters. The monoisotopic (exact) mass is 170 g/mol. The molecule has 12 heavy (non-hydrogen) atoms. The van der Waals surface area contributed by atoms with Gasteiger partial charge in [0, 0.05) is 6.92 Å². The van der Waals surface area contributed by atoms with E-state index in [1.807, 2.05) is 0 Å². The van der Waals surface area contributed by atoms with Crippen LogP contribution in [0.2, 0.25) is 0 Å². The standard InChI is InChI=1S/C6H10N4O2/c1-5-7-8-9-10(5)3-4-12-6(2)11/h3-4H2,1-2H3. The van der Waals surface area contributed by atoms with Crippen LogP contribution in [0.4, 0.5) is 0 Å². The molecule has 1 aromatic heterocycles. The Bertz CT molecular complexity index is 270. The van der Waals surface area contributed by atoms with Gasteiger partial charge < -0.3 is 4.74 Å². The quantitative estimate of drug-likeness (QED) is 0.574. The summed E-state index contributed by atoms with van der Waals surface area (Å²) < 4.78 is 6.29. The number of hydrogen-bond acceptors (Lipinski definition) is 5. The van der Waals surface area contributed by atoms with Gasteiger partial charge in [-0.15, -0.1) is 5.10 Å². The number of aromatic nitrogens is 4. The molecule has 0 fully saturated rings. The molecule has 0 aliphatic heterocycles. The third-order valence-electron chi connectivity index (χ3n) is 1.32. The second kappa shape index (κ2) is 3.80. The van der Waals surface area contributed by atoms with Gasteiger partial charge in [-0.05, 0) is 17.4 Å². The summed E-state index contributed by atoms with van der Waals surface area (Å²) in [7, 11) is 0. The van der Waals surface area contributed by atoms with Crippen LogP contribution in [-0.4, -0.2) is 32.8 Å². The first-order valence-corrected chi connectivity index (χ1v) is 3.56. The van der Waals surface area contributed by atoms with Gasteiger partial charge >= 0.3 is 5.97 Å². The molecular formula is C6H10N4O2. The molecule has 0 N–H and O–H groups in total. The fraction of sp³-hybridized carbons (Fsp3) is 0.667. The number of tetrazole rings is 1. The molecule has 0 unspecified atom stereocenters. The topological polar surface area (TPSA) is 69.9 Å². The molecule has 0 bridgehead atoms. The molecule has 0 saturated heterocycles. The van der Waals surface area contributed by atoms with E-state index < -0.39 is 0 Å². The Balaban J connectivity index is 2.33. The lowest BCUT2D eigenvalue weighted by Gasteiger charge is -2.01.